The summed E-state index contributed by atoms with van der Waals surface area (Å²) in [6, 6.07) is 0.413. The molecule has 1 aromatic heterocycles. The lowest BCUT2D eigenvalue weighted by Crippen LogP contribution is -2.51. The van der Waals surface area contributed by atoms with Gasteiger partial charge in [0.05, 0.1) is 0 Å². The number of amides is 5. The van der Waals surface area contributed by atoms with Crippen molar-refractivity contribution >= 4 is 36.2 Å². The Morgan fingerprint density at radius 1 is 0.852 bits per heavy atom. The van der Waals surface area contributed by atoms with E-state index >= 15 is 0 Å². The molecule has 17 heteroatoms. The number of anilines is 1. The number of aromatic amines is 1. The highest BCUT2D eigenvalue weighted by Gasteiger charge is 2.43. The summed E-state index contributed by atoms with van der Waals surface area (Å²) in [6.07, 6.45) is 2.55. The zero-order valence-corrected chi connectivity index (χ0v) is 32.9. The monoisotopic (exact) mass is 761 g/mol. The first-order chi connectivity index (χ1) is 25.1. The molecule has 302 valence electrons. The Kier molecular flexibility index (Phi) is 14.9. The maximum atomic E-state index is 12.9. The molecule has 17 nitrogen and oxygen atoms in total. The van der Waals surface area contributed by atoms with Crippen molar-refractivity contribution in [3.8, 4) is 0 Å². The number of urea groups is 1. The summed E-state index contributed by atoms with van der Waals surface area (Å²) in [7, 11) is 0. The van der Waals surface area contributed by atoms with Gasteiger partial charge in [0.25, 0.3) is 5.56 Å². The van der Waals surface area contributed by atoms with Crippen LogP contribution in [-0.4, -0.2) is 91.3 Å². The van der Waals surface area contributed by atoms with Gasteiger partial charge in [-0.2, -0.15) is 0 Å². The molecule has 54 heavy (non-hydrogen) atoms. The van der Waals surface area contributed by atoms with Crippen LogP contribution < -0.4 is 32.1 Å². The number of carbonyl (C=O) groups is 5. The average Bonchev–Trinajstić information content (AvgIpc) is 3.01. The van der Waals surface area contributed by atoms with E-state index in [4.69, 9.17) is 18.9 Å². The molecule has 5 atom stereocenters. The smallest absolute Gasteiger partial charge is 0.407 e. The van der Waals surface area contributed by atoms with Crippen molar-refractivity contribution < 1.29 is 42.9 Å². The van der Waals surface area contributed by atoms with Gasteiger partial charge in [-0.05, 0) is 74.0 Å². The molecule has 6 N–H and O–H groups in total. The largest absolute Gasteiger partial charge is 0.459 e. The van der Waals surface area contributed by atoms with E-state index in [0.29, 0.717) is 38.0 Å². The molecule has 2 aliphatic rings. The van der Waals surface area contributed by atoms with Crippen molar-refractivity contribution in [1.82, 2.24) is 31.2 Å². The van der Waals surface area contributed by atoms with Crippen LogP contribution >= 0.6 is 0 Å². The fourth-order valence-electron chi connectivity index (χ4n) is 8.33. The highest BCUT2D eigenvalue weighted by Crippen LogP contribution is 2.47. The standard InChI is InChI=1S/C37H59N7O10/c1-10-28(46)51-11-12-52-31(48)38-21-37(9)17-26(15-35(6,7)20-37)42-33(50)54-24(3)18-53-32(49)39-22-36(8)16-25(14-34(4,5)19-36)41-30(47)44-29-40-23(2)13-27(45)43-29/h10,13,24-26H,1,11-12,14-22H2,2-9H3,(H,38,48)(H,39,49)(H,42,50)(H3,40,41,43,44,45,47). The third kappa shape index (κ3) is 15.3. The number of H-pyrrole nitrogens is 1. The van der Waals surface area contributed by atoms with E-state index in [2.05, 4.69) is 70.8 Å². The minimum atomic E-state index is -0.727. The Balaban J connectivity index is 1.41. The van der Waals surface area contributed by atoms with Crippen LogP contribution in [0.4, 0.5) is 25.1 Å². The van der Waals surface area contributed by atoms with Crippen LogP contribution in [0.25, 0.3) is 0 Å². The lowest BCUT2D eigenvalue weighted by molar-refractivity contribution is -0.138. The summed E-state index contributed by atoms with van der Waals surface area (Å²) in [5.41, 5.74) is -0.886. The first kappa shape index (κ1) is 43.6. The number of hydrogen-bond donors (Lipinski definition) is 6. The second-order valence-electron chi connectivity index (χ2n) is 17.0. The summed E-state index contributed by atoms with van der Waals surface area (Å²) in [5.74, 6) is -0.539. The molecule has 5 unspecified atom stereocenters. The molecular weight excluding hydrogens is 702 g/mol. The van der Waals surface area contributed by atoms with E-state index in [-0.39, 0.29) is 65.1 Å². The Morgan fingerprint density at radius 2 is 1.39 bits per heavy atom. The van der Waals surface area contributed by atoms with Crippen molar-refractivity contribution in [2.75, 3.05) is 38.2 Å². The molecule has 2 aliphatic carbocycles. The Bertz CT molecular complexity index is 1580. The predicted molar refractivity (Wildman–Crippen MR) is 200 cm³/mol. The molecule has 0 aromatic carbocycles. The van der Waals surface area contributed by atoms with Gasteiger partial charge < -0.3 is 40.2 Å². The fraction of sp³-hybridized carbons (Fsp3) is 0.703. The minimum absolute atomic E-state index is 0.0603. The molecule has 0 bridgehead atoms. The molecule has 2 saturated carbocycles. The third-order valence-electron chi connectivity index (χ3n) is 9.45. The van der Waals surface area contributed by atoms with E-state index < -0.39 is 36.4 Å². The Labute approximate surface area is 316 Å². The van der Waals surface area contributed by atoms with Gasteiger partial charge in [-0.15, -0.1) is 0 Å². The number of aromatic nitrogens is 2. The zero-order valence-electron chi connectivity index (χ0n) is 32.9. The molecular formula is C37H59N7O10. The summed E-state index contributed by atoms with van der Waals surface area (Å²) >= 11 is 0. The maximum absolute atomic E-state index is 12.9. The van der Waals surface area contributed by atoms with Crippen molar-refractivity contribution in [1.29, 1.82) is 0 Å². The first-order valence-corrected chi connectivity index (χ1v) is 18.3. The number of nitrogens with one attached hydrogen (secondary N) is 6. The molecule has 5 amide bonds. The maximum Gasteiger partial charge on any atom is 0.407 e. The second kappa shape index (κ2) is 18.5. The van der Waals surface area contributed by atoms with Crippen molar-refractivity contribution in [3.05, 3.63) is 34.8 Å². The van der Waals surface area contributed by atoms with Crippen LogP contribution in [-0.2, 0) is 23.7 Å². The lowest BCUT2D eigenvalue weighted by atomic mass is 9.62. The van der Waals surface area contributed by atoms with Gasteiger partial charge in [0.15, 0.2) is 0 Å². The van der Waals surface area contributed by atoms with Crippen LogP contribution in [0.15, 0.2) is 23.5 Å². The van der Waals surface area contributed by atoms with Crippen LogP contribution in [0, 0.1) is 28.6 Å². The van der Waals surface area contributed by atoms with Gasteiger partial charge in [0.2, 0.25) is 5.95 Å². The molecule has 1 heterocycles. The second-order valence-corrected chi connectivity index (χ2v) is 17.0. The predicted octanol–water partition coefficient (Wildman–Crippen LogP) is 4.67. The van der Waals surface area contributed by atoms with Gasteiger partial charge in [-0.25, -0.2) is 29.0 Å². The third-order valence-corrected chi connectivity index (χ3v) is 9.45. The number of esters is 1. The van der Waals surface area contributed by atoms with Crippen molar-refractivity contribution in [2.24, 2.45) is 21.7 Å². The van der Waals surface area contributed by atoms with E-state index in [1.165, 1.54) is 6.07 Å². The van der Waals surface area contributed by atoms with Crippen LogP contribution in [0.3, 0.4) is 0 Å². The van der Waals surface area contributed by atoms with Crippen LogP contribution in [0.2, 0.25) is 0 Å². The molecule has 0 aliphatic heterocycles. The number of hydrogen-bond acceptors (Lipinski definition) is 11. The van der Waals surface area contributed by atoms with Crippen molar-refractivity contribution in [3.63, 3.8) is 0 Å². The van der Waals surface area contributed by atoms with Crippen molar-refractivity contribution in [2.45, 2.75) is 112 Å². The zero-order chi connectivity index (χ0) is 40.3. The number of nitrogens with zero attached hydrogens (tertiary/aromatic N) is 1. The Hall–Kier alpha value is -4.83. The molecule has 0 saturated heterocycles. The highest BCUT2D eigenvalue weighted by molar-refractivity contribution is 5.87. The van der Waals surface area contributed by atoms with Gasteiger partial charge in [0, 0.05) is 43.0 Å². The van der Waals surface area contributed by atoms with Gasteiger partial charge in [-0.1, -0.05) is 48.1 Å². The summed E-state index contributed by atoms with van der Waals surface area (Å²) in [6.45, 7) is 19.4. The molecule has 0 radical (unpaired) electrons. The summed E-state index contributed by atoms with van der Waals surface area (Å²) in [4.78, 5) is 80.0. The van der Waals surface area contributed by atoms with Crippen LogP contribution in [0.5, 0.6) is 0 Å². The molecule has 1 aromatic rings. The SMILES string of the molecule is C=CC(=O)OCCOC(=O)NCC1(C)CC(NC(=O)OC(C)COC(=O)NCC2(C)CC(NC(=O)Nc3nc(C)cc(=O)[nH]3)CC(C)(C)C2)CC(C)(C)C1. The first-order valence-electron chi connectivity index (χ1n) is 18.3. The quantitative estimate of drug-likeness (QED) is 0.0661. The topological polar surface area (TPSA) is 228 Å². The number of carbonyl (C=O) groups excluding carboxylic acids is 5. The van der Waals surface area contributed by atoms with Gasteiger partial charge >= 0.3 is 30.3 Å². The highest BCUT2D eigenvalue weighted by atomic mass is 16.6. The number of rotatable bonds is 14. The summed E-state index contributed by atoms with van der Waals surface area (Å²) in [5, 5.41) is 14.1. The average molecular weight is 762 g/mol. The molecule has 2 fully saturated rings. The summed E-state index contributed by atoms with van der Waals surface area (Å²) < 4.78 is 20.8. The van der Waals surface area contributed by atoms with E-state index in [1.54, 1.807) is 13.8 Å². The fourth-order valence-corrected chi connectivity index (χ4v) is 8.33. The minimum Gasteiger partial charge on any atom is -0.459 e. The number of alkyl carbamates (subject to hydrolysis) is 3. The number of ether oxygens (including phenoxy) is 4. The lowest BCUT2D eigenvalue weighted by Gasteiger charge is -2.46. The van der Waals surface area contributed by atoms with E-state index in [9.17, 15) is 28.8 Å². The molecule has 3 rings (SSSR count). The molecule has 0 spiro atoms. The van der Waals surface area contributed by atoms with Gasteiger partial charge in [-0.3, -0.25) is 15.1 Å². The van der Waals surface area contributed by atoms with Crippen LogP contribution in [0.1, 0.15) is 92.7 Å². The van der Waals surface area contributed by atoms with Gasteiger partial charge in [0.1, 0.15) is 25.9 Å². The van der Waals surface area contributed by atoms with E-state index in [1.807, 2.05) is 13.8 Å². The Morgan fingerprint density at radius 3 is 1.94 bits per heavy atom. The number of aryl methyl sites for hydroxylation is 1. The normalized spacial score (nSPS) is 24.7. The van der Waals surface area contributed by atoms with E-state index in [0.717, 1.165) is 25.3 Å².